The highest BCUT2D eigenvalue weighted by atomic mass is 35.5. The van der Waals surface area contributed by atoms with Crippen LogP contribution in [0.5, 0.6) is 5.75 Å². The lowest BCUT2D eigenvalue weighted by molar-refractivity contribution is -0.153. The molecule has 0 spiro atoms. The van der Waals surface area contributed by atoms with Crippen molar-refractivity contribution in [3.8, 4) is 5.75 Å². The number of likely N-dealkylation sites (tertiary alicyclic amines) is 1. The van der Waals surface area contributed by atoms with E-state index >= 15 is 0 Å². The molecule has 0 aliphatic carbocycles. The molecule has 10 heteroatoms. The maximum absolute atomic E-state index is 12.1. The number of ether oxygens (including phenoxy) is 1. The van der Waals surface area contributed by atoms with E-state index in [9.17, 15) is 22.8 Å². The maximum Gasteiger partial charge on any atom is 0.422 e. The van der Waals surface area contributed by atoms with Gasteiger partial charge in [-0.3, -0.25) is 14.5 Å². The Hall–Kier alpha value is -2.00. The second kappa shape index (κ2) is 9.63. The molecule has 1 fully saturated rings. The predicted molar refractivity (Wildman–Crippen MR) is 89.3 cm³/mol. The van der Waals surface area contributed by atoms with E-state index < -0.39 is 24.8 Å². The van der Waals surface area contributed by atoms with Crippen molar-refractivity contribution in [1.82, 2.24) is 10.2 Å². The number of halogens is 4. The molecule has 2 rings (SSSR count). The predicted octanol–water partition coefficient (Wildman–Crippen LogP) is 2.21. The average Bonchev–Trinajstić information content (AvgIpc) is 2.99. The second-order valence-electron chi connectivity index (χ2n) is 5.79. The third kappa shape index (κ3) is 7.09. The number of carbonyl (C=O) groups excluding carboxylic acids is 1. The first-order valence-corrected chi connectivity index (χ1v) is 7.76. The number of benzene rings is 1. The SMILES string of the molecule is Cl.O=C(CN1CCCC1C(=O)O)NCc1cccc(OCC(F)(F)F)c1. The third-order valence-corrected chi connectivity index (χ3v) is 3.79. The molecule has 0 aromatic heterocycles. The molecule has 0 radical (unpaired) electrons. The lowest BCUT2D eigenvalue weighted by Gasteiger charge is -2.20. The summed E-state index contributed by atoms with van der Waals surface area (Å²) in [7, 11) is 0. The number of carboxylic acid groups (broad SMARTS) is 1. The van der Waals surface area contributed by atoms with Gasteiger partial charge in [0.25, 0.3) is 0 Å². The lowest BCUT2D eigenvalue weighted by atomic mass is 10.2. The monoisotopic (exact) mass is 396 g/mol. The van der Waals surface area contributed by atoms with Gasteiger partial charge in [-0.1, -0.05) is 12.1 Å². The Balaban J connectivity index is 0.00000338. The lowest BCUT2D eigenvalue weighted by Crippen LogP contribution is -2.42. The minimum absolute atomic E-state index is 0. The second-order valence-corrected chi connectivity index (χ2v) is 5.79. The van der Waals surface area contributed by atoms with Gasteiger partial charge in [0.2, 0.25) is 5.91 Å². The van der Waals surface area contributed by atoms with E-state index in [-0.39, 0.29) is 37.2 Å². The number of aliphatic carboxylic acids is 1. The topological polar surface area (TPSA) is 78.9 Å². The molecule has 0 saturated carbocycles. The molecule has 1 aliphatic rings. The zero-order chi connectivity index (χ0) is 18.4. The summed E-state index contributed by atoms with van der Waals surface area (Å²) in [6.45, 7) is -0.742. The van der Waals surface area contributed by atoms with Crippen LogP contribution in [0.2, 0.25) is 0 Å². The first-order chi connectivity index (χ1) is 11.7. The van der Waals surface area contributed by atoms with Gasteiger partial charge in [-0.2, -0.15) is 13.2 Å². The van der Waals surface area contributed by atoms with Crippen LogP contribution in [-0.4, -0.2) is 53.8 Å². The van der Waals surface area contributed by atoms with E-state index in [0.717, 1.165) is 6.42 Å². The summed E-state index contributed by atoms with van der Waals surface area (Å²) < 4.78 is 41.1. The van der Waals surface area contributed by atoms with Crippen LogP contribution in [0, 0.1) is 0 Å². The minimum atomic E-state index is -4.42. The fourth-order valence-electron chi connectivity index (χ4n) is 2.65. The Morgan fingerprint density at radius 1 is 1.35 bits per heavy atom. The molecule has 146 valence electrons. The van der Waals surface area contributed by atoms with Crippen molar-refractivity contribution in [2.75, 3.05) is 19.7 Å². The molecule has 2 N–H and O–H groups in total. The Morgan fingerprint density at radius 2 is 2.08 bits per heavy atom. The molecule has 1 amide bonds. The van der Waals surface area contributed by atoms with Gasteiger partial charge in [0, 0.05) is 6.54 Å². The molecular formula is C16H20ClF3N2O4. The Morgan fingerprint density at radius 3 is 2.73 bits per heavy atom. The van der Waals surface area contributed by atoms with Crippen LogP contribution in [0.3, 0.4) is 0 Å². The minimum Gasteiger partial charge on any atom is -0.484 e. The summed E-state index contributed by atoms with van der Waals surface area (Å²) in [6.07, 6.45) is -3.18. The molecule has 1 atom stereocenters. The number of carboxylic acids is 1. The summed E-state index contributed by atoms with van der Waals surface area (Å²) in [6, 6.07) is 5.36. The van der Waals surface area contributed by atoms with Crippen LogP contribution in [0.25, 0.3) is 0 Å². The van der Waals surface area contributed by atoms with Gasteiger partial charge in [-0.25, -0.2) is 0 Å². The first-order valence-electron chi connectivity index (χ1n) is 7.76. The highest BCUT2D eigenvalue weighted by Gasteiger charge is 2.31. The number of hydrogen-bond acceptors (Lipinski definition) is 4. The fourth-order valence-corrected chi connectivity index (χ4v) is 2.65. The van der Waals surface area contributed by atoms with E-state index in [1.807, 2.05) is 0 Å². The number of alkyl halides is 3. The summed E-state index contributed by atoms with van der Waals surface area (Å²) in [5.41, 5.74) is 0.587. The summed E-state index contributed by atoms with van der Waals surface area (Å²) in [5, 5.41) is 11.7. The van der Waals surface area contributed by atoms with Crippen LogP contribution in [0.1, 0.15) is 18.4 Å². The summed E-state index contributed by atoms with van der Waals surface area (Å²) >= 11 is 0. The van der Waals surface area contributed by atoms with Crippen molar-refractivity contribution < 1.29 is 32.6 Å². The van der Waals surface area contributed by atoms with Gasteiger partial charge in [-0.15, -0.1) is 12.4 Å². The van der Waals surface area contributed by atoms with Gasteiger partial charge in [0.15, 0.2) is 6.61 Å². The van der Waals surface area contributed by atoms with Crippen LogP contribution in [0.15, 0.2) is 24.3 Å². The number of carbonyl (C=O) groups is 2. The first kappa shape index (κ1) is 22.0. The third-order valence-electron chi connectivity index (χ3n) is 3.79. The van der Waals surface area contributed by atoms with E-state index in [1.54, 1.807) is 11.0 Å². The van der Waals surface area contributed by atoms with Gasteiger partial charge >= 0.3 is 12.1 Å². The van der Waals surface area contributed by atoms with Crippen LogP contribution >= 0.6 is 12.4 Å². The molecule has 1 aromatic carbocycles. The van der Waals surface area contributed by atoms with Crippen LogP contribution in [-0.2, 0) is 16.1 Å². The van der Waals surface area contributed by atoms with E-state index in [4.69, 9.17) is 5.11 Å². The smallest absolute Gasteiger partial charge is 0.422 e. The quantitative estimate of drug-likeness (QED) is 0.739. The summed E-state index contributed by atoms with van der Waals surface area (Å²) in [5.74, 6) is -1.22. The fraction of sp³-hybridized carbons (Fsp3) is 0.500. The van der Waals surface area contributed by atoms with Gasteiger partial charge in [-0.05, 0) is 37.1 Å². The average molecular weight is 397 g/mol. The van der Waals surface area contributed by atoms with Crippen molar-refractivity contribution >= 4 is 24.3 Å². The molecule has 1 aliphatic heterocycles. The van der Waals surface area contributed by atoms with Crippen LogP contribution in [0.4, 0.5) is 13.2 Å². The number of nitrogens with one attached hydrogen (secondary N) is 1. The van der Waals surface area contributed by atoms with Crippen molar-refractivity contribution in [3.63, 3.8) is 0 Å². The van der Waals surface area contributed by atoms with Crippen molar-refractivity contribution in [2.24, 2.45) is 0 Å². The number of rotatable bonds is 7. The number of amides is 1. The highest BCUT2D eigenvalue weighted by Crippen LogP contribution is 2.19. The molecule has 1 unspecified atom stereocenters. The Labute approximate surface area is 154 Å². The largest absolute Gasteiger partial charge is 0.484 e. The number of hydrogen-bond donors (Lipinski definition) is 2. The normalized spacial score (nSPS) is 17.4. The van der Waals surface area contributed by atoms with Crippen LogP contribution < -0.4 is 10.1 Å². The molecule has 26 heavy (non-hydrogen) atoms. The Kier molecular flexibility index (Phi) is 8.16. The van der Waals surface area contributed by atoms with E-state index in [0.29, 0.717) is 18.5 Å². The van der Waals surface area contributed by atoms with Gasteiger partial charge in [0.05, 0.1) is 6.54 Å². The standard InChI is InChI=1S/C16H19F3N2O4.ClH/c17-16(18,19)10-25-12-4-1-3-11(7-12)8-20-14(22)9-21-6-2-5-13(21)15(23)24;/h1,3-4,7,13H,2,5-6,8-10H2,(H,20,22)(H,23,24);1H. The zero-order valence-electron chi connectivity index (χ0n) is 13.8. The molecular weight excluding hydrogens is 377 g/mol. The Bertz CT molecular complexity index is 628. The molecule has 1 heterocycles. The van der Waals surface area contributed by atoms with Gasteiger partial charge < -0.3 is 15.2 Å². The zero-order valence-corrected chi connectivity index (χ0v) is 14.6. The van der Waals surface area contributed by atoms with E-state index in [2.05, 4.69) is 10.1 Å². The highest BCUT2D eigenvalue weighted by molar-refractivity contribution is 5.85. The molecule has 6 nitrogen and oxygen atoms in total. The van der Waals surface area contributed by atoms with E-state index in [1.165, 1.54) is 18.2 Å². The molecule has 0 bridgehead atoms. The molecule has 1 aromatic rings. The van der Waals surface area contributed by atoms with Crippen molar-refractivity contribution in [2.45, 2.75) is 31.6 Å². The van der Waals surface area contributed by atoms with Crippen molar-refractivity contribution in [1.29, 1.82) is 0 Å². The number of nitrogens with zero attached hydrogens (tertiary/aromatic N) is 1. The maximum atomic E-state index is 12.1. The summed E-state index contributed by atoms with van der Waals surface area (Å²) in [4.78, 5) is 24.6. The molecule has 1 saturated heterocycles. The van der Waals surface area contributed by atoms with Gasteiger partial charge in [0.1, 0.15) is 11.8 Å². The van der Waals surface area contributed by atoms with Crippen molar-refractivity contribution in [3.05, 3.63) is 29.8 Å².